The lowest BCUT2D eigenvalue weighted by molar-refractivity contribution is -0.128. The molecule has 4 rings (SSSR count). The first kappa shape index (κ1) is 21.6. The molecule has 0 spiro atoms. The fourth-order valence-electron chi connectivity index (χ4n) is 4.24. The molecule has 1 fully saturated rings. The summed E-state index contributed by atoms with van der Waals surface area (Å²) in [6.07, 6.45) is 3.53. The summed E-state index contributed by atoms with van der Waals surface area (Å²) in [6.45, 7) is 4.81. The van der Waals surface area contributed by atoms with Crippen LogP contribution in [-0.4, -0.2) is 37.5 Å². The van der Waals surface area contributed by atoms with Crippen LogP contribution in [0.2, 0.25) is 0 Å². The van der Waals surface area contributed by atoms with E-state index in [-0.39, 0.29) is 29.1 Å². The number of carbonyl (C=O) groups is 1. The number of aromatic nitrogens is 1. The van der Waals surface area contributed by atoms with Crippen LogP contribution in [0.4, 0.5) is 0 Å². The van der Waals surface area contributed by atoms with E-state index in [2.05, 4.69) is 9.88 Å². The van der Waals surface area contributed by atoms with Crippen LogP contribution >= 0.6 is 0 Å². The third-order valence-electron chi connectivity index (χ3n) is 5.76. The number of likely N-dealkylation sites (tertiary alicyclic amines) is 1. The highest BCUT2D eigenvalue weighted by Gasteiger charge is 2.44. The number of ketones is 1. The second kappa shape index (κ2) is 8.48. The first-order valence-electron chi connectivity index (χ1n) is 10.5. The van der Waals surface area contributed by atoms with Crippen molar-refractivity contribution in [3.63, 3.8) is 0 Å². The van der Waals surface area contributed by atoms with Crippen LogP contribution in [0, 0.1) is 5.41 Å². The maximum absolute atomic E-state index is 13.6. The van der Waals surface area contributed by atoms with Crippen molar-refractivity contribution in [3.05, 3.63) is 89.3 Å². The molecule has 0 saturated carbocycles. The molecule has 1 saturated heterocycles. The number of aromatic hydroxyl groups is 3. The van der Waals surface area contributed by atoms with Gasteiger partial charge in [0.15, 0.2) is 17.3 Å². The van der Waals surface area contributed by atoms with E-state index in [0.29, 0.717) is 24.4 Å². The molecule has 1 unspecified atom stereocenters. The van der Waals surface area contributed by atoms with Gasteiger partial charge in [-0.25, -0.2) is 0 Å². The molecule has 1 aliphatic heterocycles. The van der Waals surface area contributed by atoms with Crippen LogP contribution < -0.4 is 0 Å². The van der Waals surface area contributed by atoms with Gasteiger partial charge >= 0.3 is 0 Å². The average molecular weight is 431 g/mol. The molecule has 6 nitrogen and oxygen atoms in total. The maximum Gasteiger partial charge on any atom is 0.167 e. The van der Waals surface area contributed by atoms with Gasteiger partial charge < -0.3 is 15.3 Å². The third-order valence-corrected chi connectivity index (χ3v) is 5.76. The summed E-state index contributed by atoms with van der Waals surface area (Å²) in [5.41, 5.74) is 2.36. The summed E-state index contributed by atoms with van der Waals surface area (Å²) in [4.78, 5) is 20.1. The van der Waals surface area contributed by atoms with Crippen molar-refractivity contribution in [2.75, 3.05) is 6.54 Å². The number of hydrogen-bond acceptors (Lipinski definition) is 6. The van der Waals surface area contributed by atoms with Gasteiger partial charge in [-0.3, -0.25) is 14.7 Å². The van der Waals surface area contributed by atoms with Crippen LogP contribution in [0.15, 0.2) is 72.4 Å². The zero-order chi connectivity index (χ0) is 22.9. The number of piperidine rings is 1. The van der Waals surface area contributed by atoms with Crippen LogP contribution in [0.1, 0.15) is 36.7 Å². The third kappa shape index (κ3) is 4.36. The van der Waals surface area contributed by atoms with Gasteiger partial charge in [0.05, 0.1) is 11.7 Å². The van der Waals surface area contributed by atoms with Gasteiger partial charge in [-0.15, -0.1) is 0 Å². The Morgan fingerprint density at radius 3 is 2.44 bits per heavy atom. The number of rotatable bonds is 4. The zero-order valence-corrected chi connectivity index (χ0v) is 18.1. The van der Waals surface area contributed by atoms with Gasteiger partial charge in [0.1, 0.15) is 5.75 Å². The maximum atomic E-state index is 13.6. The number of benzene rings is 2. The molecule has 2 aromatic carbocycles. The first-order valence-corrected chi connectivity index (χ1v) is 10.5. The summed E-state index contributed by atoms with van der Waals surface area (Å²) in [5.74, 6) is -0.151. The second-order valence-electron chi connectivity index (χ2n) is 8.79. The van der Waals surface area contributed by atoms with E-state index >= 15 is 0 Å². The number of hydrogen-bond donors (Lipinski definition) is 3. The number of carbonyl (C=O) groups excluding carboxylic acids is 1. The predicted molar refractivity (Wildman–Crippen MR) is 122 cm³/mol. The van der Waals surface area contributed by atoms with Crippen molar-refractivity contribution >= 4 is 11.9 Å². The quantitative estimate of drug-likeness (QED) is 0.419. The fourth-order valence-corrected chi connectivity index (χ4v) is 4.24. The van der Waals surface area contributed by atoms with Crippen LogP contribution in [0.25, 0.3) is 6.08 Å². The van der Waals surface area contributed by atoms with Gasteiger partial charge in [-0.05, 0) is 53.6 Å². The van der Waals surface area contributed by atoms with E-state index in [4.69, 9.17) is 0 Å². The molecule has 32 heavy (non-hydrogen) atoms. The summed E-state index contributed by atoms with van der Waals surface area (Å²) in [6, 6.07) is 16.8. The van der Waals surface area contributed by atoms with Gasteiger partial charge in [0.2, 0.25) is 0 Å². The van der Waals surface area contributed by atoms with E-state index in [1.165, 1.54) is 12.1 Å². The van der Waals surface area contributed by atoms with E-state index in [1.807, 2.05) is 50.3 Å². The molecule has 164 valence electrons. The van der Waals surface area contributed by atoms with Crippen molar-refractivity contribution in [1.29, 1.82) is 0 Å². The lowest BCUT2D eigenvalue weighted by Crippen LogP contribution is -2.49. The molecule has 1 atom stereocenters. The number of nitrogens with zero attached hydrogens (tertiary/aromatic N) is 2. The summed E-state index contributed by atoms with van der Waals surface area (Å²) in [5, 5.41) is 29.4. The minimum Gasteiger partial charge on any atom is -0.508 e. The minimum absolute atomic E-state index is 0.0473. The Labute approximate surface area is 187 Å². The van der Waals surface area contributed by atoms with Gasteiger partial charge in [0.25, 0.3) is 0 Å². The smallest absolute Gasteiger partial charge is 0.167 e. The predicted octanol–water partition coefficient (Wildman–Crippen LogP) is 4.43. The molecular formula is C26H26N2O4. The lowest BCUT2D eigenvalue weighted by atomic mass is 9.74. The van der Waals surface area contributed by atoms with Crippen molar-refractivity contribution < 1.29 is 20.1 Å². The molecule has 0 amide bonds. The Kier molecular flexibility index (Phi) is 5.72. The highest BCUT2D eigenvalue weighted by atomic mass is 16.3. The van der Waals surface area contributed by atoms with E-state index in [0.717, 1.165) is 11.1 Å². The topological polar surface area (TPSA) is 93.9 Å². The SMILES string of the molecule is CC1(C)CN(Cc2ccc(O)c(O)c2)C(c2ccc(O)cc2)C(=Cc2ccccn2)C1=O. The van der Waals surface area contributed by atoms with Crippen molar-refractivity contribution in [2.45, 2.75) is 26.4 Å². The largest absolute Gasteiger partial charge is 0.508 e. The molecule has 0 radical (unpaired) electrons. The highest BCUT2D eigenvalue weighted by Crippen LogP contribution is 2.43. The summed E-state index contributed by atoms with van der Waals surface area (Å²) >= 11 is 0. The van der Waals surface area contributed by atoms with Gasteiger partial charge in [0, 0.05) is 30.3 Å². The number of pyridine rings is 1. The molecule has 1 aromatic heterocycles. The Bertz CT molecular complexity index is 1150. The monoisotopic (exact) mass is 430 g/mol. The van der Waals surface area contributed by atoms with Gasteiger partial charge in [-0.1, -0.05) is 38.1 Å². The average Bonchev–Trinajstić information content (AvgIpc) is 2.76. The van der Waals surface area contributed by atoms with Crippen LogP contribution in [0.3, 0.4) is 0 Å². The highest BCUT2D eigenvalue weighted by molar-refractivity contribution is 6.05. The number of Topliss-reactive ketones (excluding diaryl/α,β-unsaturated/α-hetero) is 1. The molecule has 3 aromatic rings. The Balaban J connectivity index is 1.83. The number of phenolic OH excluding ortho intramolecular Hbond substituents is 3. The molecule has 2 heterocycles. The molecular weight excluding hydrogens is 404 g/mol. The van der Waals surface area contributed by atoms with Gasteiger partial charge in [-0.2, -0.15) is 0 Å². The van der Waals surface area contributed by atoms with Crippen LogP contribution in [-0.2, 0) is 11.3 Å². The van der Waals surface area contributed by atoms with Crippen molar-refractivity contribution in [2.24, 2.45) is 5.41 Å². The van der Waals surface area contributed by atoms with E-state index < -0.39 is 5.41 Å². The van der Waals surface area contributed by atoms with Crippen LogP contribution in [0.5, 0.6) is 17.2 Å². The first-order chi connectivity index (χ1) is 15.2. The second-order valence-corrected chi connectivity index (χ2v) is 8.79. The van der Waals surface area contributed by atoms with E-state index in [1.54, 1.807) is 24.4 Å². The minimum atomic E-state index is -0.632. The Hall–Kier alpha value is -3.64. The standard InChI is InChI=1S/C26H26N2O4/c1-26(2)16-28(15-17-6-11-22(30)23(31)13-17)24(18-7-9-20(29)10-8-18)21(25(26)32)14-19-5-3-4-12-27-19/h3-14,24,29-31H,15-16H2,1-2H3. The zero-order valence-electron chi connectivity index (χ0n) is 18.1. The molecule has 3 N–H and O–H groups in total. The lowest BCUT2D eigenvalue weighted by Gasteiger charge is -2.44. The van der Waals surface area contributed by atoms with Crippen molar-refractivity contribution in [3.8, 4) is 17.2 Å². The fraction of sp³-hybridized carbons (Fsp3) is 0.231. The Morgan fingerprint density at radius 2 is 1.78 bits per heavy atom. The molecule has 0 bridgehead atoms. The summed E-state index contributed by atoms with van der Waals surface area (Å²) in [7, 11) is 0. The van der Waals surface area contributed by atoms with E-state index in [9.17, 15) is 20.1 Å². The normalized spacial score (nSPS) is 19.9. The summed E-state index contributed by atoms with van der Waals surface area (Å²) < 4.78 is 0. The molecule has 1 aliphatic rings. The number of phenols is 3. The molecule has 0 aliphatic carbocycles. The molecule has 6 heteroatoms. The Morgan fingerprint density at radius 1 is 1.03 bits per heavy atom. The van der Waals surface area contributed by atoms with Crippen molar-refractivity contribution in [1.82, 2.24) is 9.88 Å².